The Balaban J connectivity index is 4.70. The van der Waals surface area contributed by atoms with Crippen LogP contribution in [-0.2, 0) is 22.9 Å². The van der Waals surface area contributed by atoms with E-state index < -0.39 is 21.1 Å². The smallest absolute Gasteiger partial charge is 0.343 e. The van der Waals surface area contributed by atoms with Crippen LogP contribution in [0.3, 0.4) is 0 Å². The lowest BCUT2D eigenvalue weighted by atomic mass is 10.1. The maximum Gasteiger partial charge on any atom is 0.387 e. The molecule has 0 aliphatic heterocycles. The van der Waals surface area contributed by atoms with Crippen molar-refractivity contribution in [2.75, 3.05) is 19.8 Å². The highest BCUT2D eigenvalue weighted by atomic mass is 31.2. The van der Waals surface area contributed by atoms with Gasteiger partial charge in [-0.25, -0.2) is 0 Å². The first-order valence-corrected chi connectivity index (χ1v) is 12.3. The summed E-state index contributed by atoms with van der Waals surface area (Å²) in [5.74, 6) is 5.78. The molecule has 0 saturated heterocycles. The molecule has 1 unspecified atom stereocenters. The molecule has 26 heavy (non-hydrogen) atoms. The molecule has 0 spiro atoms. The van der Waals surface area contributed by atoms with Crippen LogP contribution in [0.1, 0.15) is 85.5 Å². The van der Waals surface area contributed by atoms with Crippen molar-refractivity contribution in [3.8, 4) is 11.8 Å². The average molecular weight is 406 g/mol. The zero-order valence-corrected chi connectivity index (χ0v) is 18.7. The summed E-state index contributed by atoms with van der Waals surface area (Å²) < 4.78 is 41.1. The lowest BCUT2D eigenvalue weighted by Gasteiger charge is -2.28. The van der Waals surface area contributed by atoms with E-state index in [2.05, 4.69) is 18.8 Å². The van der Waals surface area contributed by atoms with Crippen LogP contribution in [0.4, 0.5) is 0 Å². The van der Waals surface area contributed by atoms with Gasteiger partial charge in [-0.1, -0.05) is 57.8 Å². The second-order valence-electron chi connectivity index (χ2n) is 5.99. The minimum Gasteiger partial charge on any atom is -0.343 e. The number of unbranched alkanes of at least 4 members (excludes halogenated alkanes) is 8. The van der Waals surface area contributed by atoms with Crippen molar-refractivity contribution in [2.24, 2.45) is 0 Å². The zero-order valence-electron chi connectivity index (χ0n) is 16.9. The van der Waals surface area contributed by atoms with Gasteiger partial charge < -0.3 is 13.8 Å². The molecule has 0 aliphatic rings. The van der Waals surface area contributed by atoms with E-state index in [-0.39, 0.29) is 19.8 Å². The normalized spacial score (nSPS) is 14.0. The molecule has 1 atom stereocenters. The third-order valence-electron chi connectivity index (χ3n) is 3.85. The molecule has 0 N–H and O–H groups in total. The Hall–Kier alpha value is -0.230. The van der Waals surface area contributed by atoms with Gasteiger partial charge in [0.25, 0.3) is 0 Å². The Morgan fingerprint density at radius 3 is 1.85 bits per heavy atom. The number of hydrogen-bond donors (Lipinski definition) is 0. The second kappa shape index (κ2) is 15.8. The van der Waals surface area contributed by atoms with Gasteiger partial charge in [-0.3, -0.25) is 9.13 Å². The molecule has 0 saturated carbocycles. The highest BCUT2D eigenvalue weighted by Gasteiger charge is 2.53. The lowest BCUT2D eigenvalue weighted by Crippen LogP contribution is -2.27. The molecule has 0 amide bonds. The van der Waals surface area contributed by atoms with Crippen LogP contribution in [0.15, 0.2) is 0 Å². The summed E-state index contributed by atoms with van der Waals surface area (Å²) in [5.41, 5.74) is 0. The summed E-state index contributed by atoms with van der Waals surface area (Å²) >= 11 is 0. The Morgan fingerprint density at radius 2 is 1.38 bits per heavy atom. The zero-order chi connectivity index (χ0) is 19.7. The maximum atomic E-state index is 13.1. The topological polar surface area (TPSA) is 61.8 Å². The summed E-state index contributed by atoms with van der Waals surface area (Å²) in [6.07, 6.45) is 10.4. The van der Waals surface area contributed by atoms with Crippen LogP contribution in [0.25, 0.3) is 0 Å². The van der Waals surface area contributed by atoms with Crippen molar-refractivity contribution >= 4 is 16.1 Å². The minimum atomic E-state index is -3.77. The number of hydrogen-bond acceptors (Lipinski definition) is 5. The molecule has 0 bridgehead atoms. The van der Waals surface area contributed by atoms with Gasteiger partial charge in [-0.2, -0.15) is 0 Å². The fourth-order valence-electron chi connectivity index (χ4n) is 2.56. The van der Waals surface area contributed by atoms with E-state index in [0.717, 1.165) is 12.8 Å². The van der Waals surface area contributed by atoms with E-state index in [1.54, 1.807) is 20.8 Å². The van der Waals surface area contributed by atoms with Gasteiger partial charge in [0.15, 0.2) is 0 Å². The molecule has 152 valence electrons. The molecule has 0 radical (unpaired) electrons. The van der Waals surface area contributed by atoms with Gasteiger partial charge in [0.05, 0.1) is 13.2 Å². The molecular formula is C19H36O5P2. The molecule has 0 aliphatic carbocycles. The van der Waals surface area contributed by atoms with Crippen molar-refractivity contribution < 1.29 is 22.9 Å². The first-order valence-electron chi connectivity index (χ1n) is 9.93. The predicted octanol–water partition coefficient (Wildman–Crippen LogP) is 6.77. The van der Waals surface area contributed by atoms with Crippen LogP contribution in [0, 0.1) is 11.8 Å². The maximum absolute atomic E-state index is 13.1. The van der Waals surface area contributed by atoms with Crippen LogP contribution in [0.5, 0.6) is 0 Å². The van der Waals surface area contributed by atoms with Crippen molar-refractivity contribution in [1.82, 2.24) is 0 Å². The molecule has 7 heteroatoms. The monoisotopic (exact) mass is 406 g/mol. The Kier molecular flexibility index (Phi) is 15.7. The third kappa shape index (κ3) is 9.12. The molecule has 0 aromatic heterocycles. The number of rotatable bonds is 16. The van der Waals surface area contributed by atoms with Gasteiger partial charge in [0.2, 0.25) is 8.46 Å². The van der Waals surface area contributed by atoms with E-state index in [0.29, 0.717) is 6.42 Å². The first-order chi connectivity index (χ1) is 12.6. The van der Waals surface area contributed by atoms with Crippen LogP contribution < -0.4 is 0 Å². The molecular weight excluding hydrogens is 370 g/mol. The molecule has 0 rings (SSSR count). The SMILES string of the molecule is CCCCCCCCCCC#CC(OCC)(P=O)P(=O)(OCC)OCC. The van der Waals surface area contributed by atoms with E-state index in [1.165, 1.54) is 38.5 Å². The standard InChI is InChI=1S/C19H36O5P2/c1-5-9-10-11-12-13-14-15-16-17-18-19(25-20,22-6-2)26(21,23-7-3)24-8-4/h5-16H2,1-4H3. The quantitative estimate of drug-likeness (QED) is 0.161. The highest BCUT2D eigenvalue weighted by molar-refractivity contribution is 7.65. The largest absolute Gasteiger partial charge is 0.387 e. The van der Waals surface area contributed by atoms with E-state index in [1.807, 2.05) is 0 Å². The first kappa shape index (κ1) is 25.8. The fraction of sp³-hybridized carbons (Fsp3) is 0.895. The average Bonchev–Trinajstić information content (AvgIpc) is 2.62. The molecule has 0 fully saturated rings. The van der Waals surface area contributed by atoms with Crippen molar-refractivity contribution in [3.63, 3.8) is 0 Å². The predicted molar refractivity (Wildman–Crippen MR) is 108 cm³/mol. The number of ether oxygens (including phenoxy) is 1. The summed E-state index contributed by atoms with van der Waals surface area (Å²) in [5, 5.41) is -1.74. The summed E-state index contributed by atoms with van der Waals surface area (Å²) in [7, 11) is -4.28. The second-order valence-corrected chi connectivity index (χ2v) is 9.30. The summed E-state index contributed by atoms with van der Waals surface area (Å²) in [6, 6.07) is 0. The lowest BCUT2D eigenvalue weighted by molar-refractivity contribution is 0.0853. The van der Waals surface area contributed by atoms with Crippen LogP contribution in [-0.4, -0.2) is 24.9 Å². The van der Waals surface area contributed by atoms with Crippen molar-refractivity contribution in [3.05, 3.63) is 0 Å². The van der Waals surface area contributed by atoms with Gasteiger partial charge >= 0.3 is 12.7 Å². The molecule has 5 nitrogen and oxygen atoms in total. The summed E-state index contributed by atoms with van der Waals surface area (Å²) in [4.78, 5) is 0. The van der Waals surface area contributed by atoms with Gasteiger partial charge in [0, 0.05) is 13.0 Å². The van der Waals surface area contributed by atoms with Crippen LogP contribution >= 0.6 is 16.1 Å². The highest BCUT2D eigenvalue weighted by Crippen LogP contribution is 2.64. The molecule has 0 aromatic rings. The Labute approximate surface area is 161 Å². The van der Waals surface area contributed by atoms with E-state index in [4.69, 9.17) is 13.8 Å². The third-order valence-corrected chi connectivity index (χ3v) is 7.49. The van der Waals surface area contributed by atoms with Crippen molar-refractivity contribution in [2.45, 2.75) is 90.6 Å². The molecule has 0 heterocycles. The molecule has 0 aromatic carbocycles. The Bertz CT molecular complexity index is 462. The van der Waals surface area contributed by atoms with Gasteiger partial charge in [-0.05, 0) is 33.1 Å². The van der Waals surface area contributed by atoms with Crippen LogP contribution in [0.2, 0.25) is 0 Å². The van der Waals surface area contributed by atoms with Gasteiger partial charge in [-0.15, -0.1) is 0 Å². The Morgan fingerprint density at radius 1 is 0.846 bits per heavy atom. The van der Waals surface area contributed by atoms with Gasteiger partial charge in [0.1, 0.15) is 0 Å². The van der Waals surface area contributed by atoms with E-state index in [9.17, 15) is 9.13 Å². The minimum absolute atomic E-state index is 0.168. The fourth-order valence-corrected chi connectivity index (χ4v) is 5.22. The van der Waals surface area contributed by atoms with Crippen molar-refractivity contribution in [1.29, 1.82) is 0 Å². The summed E-state index contributed by atoms with van der Waals surface area (Å²) in [6.45, 7) is 7.92. The van der Waals surface area contributed by atoms with E-state index >= 15 is 0 Å².